The van der Waals surface area contributed by atoms with E-state index in [1.165, 1.54) is 11.1 Å². The van der Waals surface area contributed by atoms with Crippen molar-refractivity contribution in [2.75, 3.05) is 0 Å². The highest BCUT2D eigenvalue weighted by atomic mass is 14.1. The van der Waals surface area contributed by atoms with Gasteiger partial charge in [-0.05, 0) is 30.1 Å². The minimum atomic E-state index is 1.05. The van der Waals surface area contributed by atoms with E-state index in [-0.39, 0.29) is 0 Å². The zero-order valence-corrected chi connectivity index (χ0v) is 8.38. The topological polar surface area (TPSA) is 0 Å². The number of benzene rings is 1. The smallest absolute Gasteiger partial charge is 0.0187 e. The maximum Gasteiger partial charge on any atom is -0.0187 e. The van der Waals surface area contributed by atoms with Gasteiger partial charge in [-0.3, -0.25) is 0 Å². The minimum Gasteiger partial charge on any atom is -0.0909 e. The second kappa shape index (κ2) is 4.66. The average molecular weight is 172 g/mol. The molecule has 0 heterocycles. The van der Waals surface area contributed by atoms with E-state index >= 15 is 0 Å². The van der Waals surface area contributed by atoms with Gasteiger partial charge >= 0.3 is 0 Å². The molecule has 0 amide bonds. The van der Waals surface area contributed by atoms with Crippen LogP contribution in [-0.2, 0) is 0 Å². The van der Waals surface area contributed by atoms with Gasteiger partial charge < -0.3 is 0 Å². The van der Waals surface area contributed by atoms with Crippen molar-refractivity contribution in [2.45, 2.75) is 20.3 Å². The third kappa shape index (κ3) is 2.32. The van der Waals surface area contributed by atoms with Crippen molar-refractivity contribution in [3.63, 3.8) is 0 Å². The first-order valence-electron chi connectivity index (χ1n) is 4.69. The van der Waals surface area contributed by atoms with Crippen molar-refractivity contribution < 1.29 is 0 Å². The molecule has 1 aromatic carbocycles. The summed E-state index contributed by atoms with van der Waals surface area (Å²) in [5.74, 6) is 0. The van der Waals surface area contributed by atoms with Gasteiger partial charge in [-0.2, -0.15) is 0 Å². The molecule has 13 heavy (non-hydrogen) atoms. The standard InChI is InChI=1S/C13H16/c1-4-12(5-2)11(3)13-9-7-6-8-10-13/h4,6-10H,3,5H2,1-2H3/b12-4-. The van der Waals surface area contributed by atoms with Crippen LogP contribution in [-0.4, -0.2) is 0 Å². The van der Waals surface area contributed by atoms with Gasteiger partial charge in [0.15, 0.2) is 0 Å². The third-order valence-corrected chi connectivity index (χ3v) is 2.24. The summed E-state index contributed by atoms with van der Waals surface area (Å²) in [5.41, 5.74) is 3.69. The molecule has 0 atom stereocenters. The summed E-state index contributed by atoms with van der Waals surface area (Å²) < 4.78 is 0. The fourth-order valence-electron chi connectivity index (χ4n) is 1.42. The van der Waals surface area contributed by atoms with Crippen molar-refractivity contribution >= 4 is 5.57 Å². The molecule has 0 nitrogen and oxygen atoms in total. The molecule has 0 fully saturated rings. The summed E-state index contributed by atoms with van der Waals surface area (Å²) in [5, 5.41) is 0. The van der Waals surface area contributed by atoms with Gasteiger partial charge in [0.25, 0.3) is 0 Å². The summed E-state index contributed by atoms with van der Waals surface area (Å²) in [6, 6.07) is 10.3. The lowest BCUT2D eigenvalue weighted by molar-refractivity contribution is 1.15. The van der Waals surface area contributed by atoms with Crippen molar-refractivity contribution in [1.29, 1.82) is 0 Å². The van der Waals surface area contributed by atoms with Crippen LogP contribution >= 0.6 is 0 Å². The molecule has 0 saturated heterocycles. The Morgan fingerprint density at radius 3 is 2.38 bits per heavy atom. The molecule has 0 aliphatic heterocycles. The van der Waals surface area contributed by atoms with Crippen LogP contribution < -0.4 is 0 Å². The van der Waals surface area contributed by atoms with Crippen LogP contribution in [0.25, 0.3) is 5.57 Å². The van der Waals surface area contributed by atoms with Crippen LogP contribution in [0.4, 0.5) is 0 Å². The van der Waals surface area contributed by atoms with E-state index in [1.54, 1.807) is 0 Å². The van der Waals surface area contributed by atoms with E-state index in [1.807, 2.05) is 18.2 Å². The summed E-state index contributed by atoms with van der Waals surface area (Å²) in [6.07, 6.45) is 3.18. The first-order chi connectivity index (χ1) is 6.29. The van der Waals surface area contributed by atoms with Gasteiger partial charge in [0.05, 0.1) is 0 Å². The Balaban J connectivity index is 2.92. The second-order valence-corrected chi connectivity index (χ2v) is 3.01. The molecule has 0 unspecified atom stereocenters. The Bertz CT molecular complexity index is 304. The zero-order chi connectivity index (χ0) is 9.68. The maximum atomic E-state index is 4.10. The first-order valence-corrected chi connectivity index (χ1v) is 4.69. The van der Waals surface area contributed by atoms with Crippen LogP contribution in [0.2, 0.25) is 0 Å². The zero-order valence-electron chi connectivity index (χ0n) is 8.38. The van der Waals surface area contributed by atoms with Crippen molar-refractivity contribution in [3.05, 3.63) is 54.1 Å². The van der Waals surface area contributed by atoms with Gasteiger partial charge in [-0.1, -0.05) is 49.9 Å². The molecule has 1 aromatic rings. The summed E-state index contributed by atoms with van der Waals surface area (Å²) >= 11 is 0. The summed E-state index contributed by atoms with van der Waals surface area (Å²) in [4.78, 5) is 0. The third-order valence-electron chi connectivity index (χ3n) is 2.24. The highest BCUT2D eigenvalue weighted by Crippen LogP contribution is 2.22. The Morgan fingerprint density at radius 1 is 1.31 bits per heavy atom. The van der Waals surface area contributed by atoms with Crippen LogP contribution in [0, 0.1) is 0 Å². The quantitative estimate of drug-likeness (QED) is 0.603. The normalized spacial score (nSPS) is 11.4. The fourth-order valence-corrected chi connectivity index (χ4v) is 1.42. The van der Waals surface area contributed by atoms with E-state index in [2.05, 4.69) is 38.6 Å². The van der Waals surface area contributed by atoms with Crippen LogP contribution in [0.1, 0.15) is 25.8 Å². The van der Waals surface area contributed by atoms with Crippen molar-refractivity contribution in [3.8, 4) is 0 Å². The number of rotatable bonds is 3. The van der Waals surface area contributed by atoms with Gasteiger partial charge in [-0.15, -0.1) is 0 Å². The van der Waals surface area contributed by atoms with Gasteiger partial charge in [0.1, 0.15) is 0 Å². The molecular formula is C13H16. The highest BCUT2D eigenvalue weighted by molar-refractivity contribution is 5.76. The molecule has 0 heteroatoms. The fraction of sp³-hybridized carbons (Fsp3) is 0.231. The van der Waals surface area contributed by atoms with E-state index in [0.29, 0.717) is 0 Å². The highest BCUT2D eigenvalue weighted by Gasteiger charge is 2.00. The van der Waals surface area contributed by atoms with Crippen LogP contribution in [0.3, 0.4) is 0 Å². The molecule has 0 spiro atoms. The number of allylic oxidation sites excluding steroid dienone is 3. The molecule has 0 aliphatic rings. The van der Waals surface area contributed by atoms with Crippen molar-refractivity contribution in [1.82, 2.24) is 0 Å². The van der Waals surface area contributed by atoms with E-state index in [4.69, 9.17) is 0 Å². The summed E-state index contributed by atoms with van der Waals surface area (Å²) in [6.45, 7) is 8.32. The largest absolute Gasteiger partial charge is 0.0909 e. The Hall–Kier alpha value is -1.30. The van der Waals surface area contributed by atoms with E-state index in [9.17, 15) is 0 Å². The number of hydrogen-bond donors (Lipinski definition) is 0. The molecule has 0 aromatic heterocycles. The second-order valence-electron chi connectivity index (χ2n) is 3.01. The lowest BCUT2D eigenvalue weighted by atomic mass is 9.98. The van der Waals surface area contributed by atoms with Crippen LogP contribution in [0.5, 0.6) is 0 Å². The van der Waals surface area contributed by atoms with E-state index < -0.39 is 0 Å². The SMILES string of the molecule is C=C(/C(=C\C)CC)c1ccccc1. The van der Waals surface area contributed by atoms with E-state index in [0.717, 1.165) is 12.0 Å². The molecule has 0 N–H and O–H groups in total. The van der Waals surface area contributed by atoms with Crippen molar-refractivity contribution in [2.24, 2.45) is 0 Å². The predicted molar refractivity (Wildman–Crippen MR) is 59.5 cm³/mol. The van der Waals surface area contributed by atoms with Gasteiger partial charge in [-0.25, -0.2) is 0 Å². The molecule has 0 bridgehead atoms. The lowest BCUT2D eigenvalue weighted by Gasteiger charge is -2.07. The minimum absolute atomic E-state index is 1.05. The molecule has 0 aliphatic carbocycles. The molecule has 1 rings (SSSR count). The number of hydrogen-bond acceptors (Lipinski definition) is 0. The Morgan fingerprint density at radius 2 is 1.92 bits per heavy atom. The van der Waals surface area contributed by atoms with Crippen LogP contribution in [0.15, 0.2) is 48.6 Å². The Labute approximate surface area is 80.6 Å². The molecule has 68 valence electrons. The average Bonchev–Trinajstić information content (AvgIpc) is 2.21. The molecule has 0 saturated carbocycles. The monoisotopic (exact) mass is 172 g/mol. The lowest BCUT2D eigenvalue weighted by Crippen LogP contribution is -1.86. The maximum absolute atomic E-state index is 4.10. The summed E-state index contributed by atoms with van der Waals surface area (Å²) in [7, 11) is 0. The van der Waals surface area contributed by atoms with Gasteiger partial charge in [0.2, 0.25) is 0 Å². The Kier molecular flexibility index (Phi) is 3.51. The first kappa shape index (κ1) is 9.79. The molecule has 0 radical (unpaired) electrons. The predicted octanol–water partition coefficient (Wildman–Crippen LogP) is 4.06. The van der Waals surface area contributed by atoms with Gasteiger partial charge in [0, 0.05) is 0 Å². The molecular weight excluding hydrogens is 156 g/mol.